The minimum absolute atomic E-state index is 0.0901. The smallest absolute Gasteiger partial charge is 0.232 e. The quantitative estimate of drug-likeness (QED) is 0.744. The lowest BCUT2D eigenvalue weighted by Crippen LogP contribution is -2.41. The molecule has 3 nitrogen and oxygen atoms in total. The molecule has 4 rings (SSSR count). The molecule has 1 unspecified atom stereocenters. The SMILES string of the molecule is Cc1cccc(C2CC(=O)N(c3c(C)cccc3C)C3=C2C(=O)CCC3)c1. The highest BCUT2D eigenvalue weighted by Crippen LogP contribution is 2.44. The molecule has 2 aromatic carbocycles. The third-order valence-corrected chi connectivity index (χ3v) is 5.78. The molecular formula is C24H25NO2. The molecule has 2 aliphatic rings. The highest BCUT2D eigenvalue weighted by Gasteiger charge is 2.40. The largest absolute Gasteiger partial charge is 0.294 e. The number of hydrogen-bond acceptors (Lipinski definition) is 2. The number of Topliss-reactive ketones (excluding diaryl/α,β-unsaturated/α-hetero) is 1. The summed E-state index contributed by atoms with van der Waals surface area (Å²) in [6, 6.07) is 14.3. The summed E-state index contributed by atoms with van der Waals surface area (Å²) in [5.74, 6) is 0.166. The molecule has 0 N–H and O–H groups in total. The van der Waals surface area contributed by atoms with Gasteiger partial charge in [0.05, 0.1) is 5.69 Å². The van der Waals surface area contributed by atoms with Gasteiger partial charge in [-0.15, -0.1) is 0 Å². The maximum atomic E-state index is 13.3. The zero-order valence-electron chi connectivity index (χ0n) is 16.2. The number of carbonyl (C=O) groups is 2. The molecule has 0 aromatic heterocycles. The molecule has 0 saturated heterocycles. The van der Waals surface area contributed by atoms with Crippen molar-refractivity contribution in [3.05, 3.63) is 76.0 Å². The van der Waals surface area contributed by atoms with Gasteiger partial charge in [0, 0.05) is 30.0 Å². The first-order valence-corrected chi connectivity index (χ1v) is 9.69. The van der Waals surface area contributed by atoms with Gasteiger partial charge in [0.15, 0.2) is 5.78 Å². The van der Waals surface area contributed by atoms with Gasteiger partial charge in [0.1, 0.15) is 0 Å². The molecule has 0 bridgehead atoms. The molecule has 0 radical (unpaired) electrons. The van der Waals surface area contributed by atoms with E-state index in [0.717, 1.165) is 52.1 Å². The number of ketones is 1. The number of carbonyl (C=O) groups excluding carboxylic acids is 2. The van der Waals surface area contributed by atoms with Gasteiger partial charge in [-0.25, -0.2) is 0 Å². The van der Waals surface area contributed by atoms with Crippen molar-refractivity contribution >= 4 is 17.4 Å². The number of benzene rings is 2. The molecule has 0 saturated carbocycles. The predicted octanol–water partition coefficient (Wildman–Crippen LogP) is 5.14. The average Bonchev–Trinajstić information content (AvgIpc) is 2.63. The summed E-state index contributed by atoms with van der Waals surface area (Å²) < 4.78 is 0. The van der Waals surface area contributed by atoms with E-state index in [4.69, 9.17) is 0 Å². The molecule has 1 atom stereocenters. The lowest BCUT2D eigenvalue weighted by Gasteiger charge is -2.39. The Balaban J connectivity index is 1.91. The van der Waals surface area contributed by atoms with Gasteiger partial charge in [-0.2, -0.15) is 0 Å². The van der Waals surface area contributed by atoms with Crippen molar-refractivity contribution in [2.75, 3.05) is 4.90 Å². The van der Waals surface area contributed by atoms with Gasteiger partial charge in [-0.05, 0) is 50.3 Å². The van der Waals surface area contributed by atoms with Gasteiger partial charge >= 0.3 is 0 Å². The number of rotatable bonds is 2. The highest BCUT2D eigenvalue weighted by atomic mass is 16.2. The van der Waals surface area contributed by atoms with Gasteiger partial charge < -0.3 is 0 Å². The number of nitrogens with zero attached hydrogens (tertiary/aromatic N) is 1. The van der Waals surface area contributed by atoms with Crippen molar-refractivity contribution in [3.63, 3.8) is 0 Å². The Kier molecular flexibility index (Phi) is 4.47. The number of amides is 1. The maximum Gasteiger partial charge on any atom is 0.232 e. The van der Waals surface area contributed by atoms with E-state index < -0.39 is 0 Å². The number of hydrogen-bond donors (Lipinski definition) is 0. The number of anilines is 1. The van der Waals surface area contributed by atoms with E-state index >= 15 is 0 Å². The predicted molar refractivity (Wildman–Crippen MR) is 108 cm³/mol. The van der Waals surface area contributed by atoms with Crippen LogP contribution in [0.2, 0.25) is 0 Å². The van der Waals surface area contributed by atoms with Crippen LogP contribution in [0, 0.1) is 20.8 Å². The van der Waals surface area contributed by atoms with E-state index in [9.17, 15) is 9.59 Å². The molecule has 27 heavy (non-hydrogen) atoms. The second kappa shape index (κ2) is 6.80. The van der Waals surface area contributed by atoms with E-state index in [0.29, 0.717) is 12.8 Å². The van der Waals surface area contributed by atoms with Gasteiger partial charge in [0.25, 0.3) is 0 Å². The van der Waals surface area contributed by atoms with Crippen LogP contribution in [0.5, 0.6) is 0 Å². The topological polar surface area (TPSA) is 37.4 Å². The van der Waals surface area contributed by atoms with E-state index in [1.165, 1.54) is 0 Å². The first kappa shape index (κ1) is 17.7. The first-order chi connectivity index (χ1) is 13.0. The van der Waals surface area contributed by atoms with Crippen LogP contribution >= 0.6 is 0 Å². The maximum absolute atomic E-state index is 13.3. The van der Waals surface area contributed by atoms with Gasteiger partial charge in [-0.1, -0.05) is 48.0 Å². The average molecular weight is 359 g/mol. The van der Waals surface area contributed by atoms with E-state index in [2.05, 4.69) is 19.1 Å². The zero-order chi connectivity index (χ0) is 19.1. The van der Waals surface area contributed by atoms with Crippen LogP contribution in [0.4, 0.5) is 5.69 Å². The van der Waals surface area contributed by atoms with Crippen molar-refractivity contribution in [2.24, 2.45) is 0 Å². The van der Waals surface area contributed by atoms with Crippen LogP contribution in [-0.2, 0) is 9.59 Å². The third-order valence-electron chi connectivity index (χ3n) is 5.78. The van der Waals surface area contributed by atoms with E-state index in [-0.39, 0.29) is 17.6 Å². The van der Waals surface area contributed by atoms with Crippen LogP contribution in [0.15, 0.2) is 53.7 Å². The fourth-order valence-electron chi connectivity index (χ4n) is 4.58. The molecule has 0 fully saturated rings. The number of aryl methyl sites for hydroxylation is 3. The van der Waals surface area contributed by atoms with Crippen molar-refractivity contribution in [3.8, 4) is 0 Å². The Morgan fingerprint density at radius 1 is 0.926 bits per heavy atom. The lowest BCUT2D eigenvalue weighted by atomic mass is 9.76. The summed E-state index contributed by atoms with van der Waals surface area (Å²) in [4.78, 5) is 28.1. The Hall–Kier alpha value is -2.68. The molecule has 138 valence electrons. The van der Waals surface area contributed by atoms with Crippen LogP contribution < -0.4 is 4.90 Å². The van der Waals surface area contributed by atoms with Crippen LogP contribution in [0.1, 0.15) is 53.9 Å². The lowest BCUT2D eigenvalue weighted by molar-refractivity contribution is -0.119. The molecule has 2 aromatic rings. The van der Waals surface area contributed by atoms with Crippen molar-refractivity contribution in [1.29, 1.82) is 0 Å². The summed E-state index contributed by atoms with van der Waals surface area (Å²) in [5.41, 5.74) is 7.10. The molecular weight excluding hydrogens is 334 g/mol. The molecule has 3 heteroatoms. The monoisotopic (exact) mass is 359 g/mol. The number of para-hydroxylation sites is 1. The fourth-order valence-corrected chi connectivity index (χ4v) is 4.58. The third kappa shape index (κ3) is 3.01. The summed E-state index contributed by atoms with van der Waals surface area (Å²) >= 11 is 0. The summed E-state index contributed by atoms with van der Waals surface area (Å²) in [5, 5.41) is 0. The van der Waals surface area contributed by atoms with Crippen molar-refractivity contribution in [1.82, 2.24) is 0 Å². The van der Waals surface area contributed by atoms with Crippen molar-refractivity contribution in [2.45, 2.75) is 52.4 Å². The highest BCUT2D eigenvalue weighted by molar-refractivity contribution is 6.08. The Bertz CT molecular complexity index is 950. The molecule has 0 spiro atoms. The Morgan fingerprint density at radius 3 is 2.33 bits per heavy atom. The second-order valence-electron chi connectivity index (χ2n) is 7.78. The minimum Gasteiger partial charge on any atom is -0.294 e. The van der Waals surface area contributed by atoms with E-state index in [1.807, 2.05) is 49.1 Å². The van der Waals surface area contributed by atoms with Crippen molar-refractivity contribution < 1.29 is 9.59 Å². The number of allylic oxidation sites excluding steroid dienone is 2. The van der Waals surface area contributed by atoms with Crippen LogP contribution in [-0.4, -0.2) is 11.7 Å². The minimum atomic E-state index is -0.124. The first-order valence-electron chi connectivity index (χ1n) is 9.69. The Morgan fingerprint density at radius 2 is 1.63 bits per heavy atom. The summed E-state index contributed by atoms with van der Waals surface area (Å²) in [6.07, 6.45) is 2.52. The molecule has 1 heterocycles. The zero-order valence-corrected chi connectivity index (χ0v) is 16.2. The normalized spacial score (nSPS) is 20.1. The molecule has 1 aliphatic carbocycles. The van der Waals surface area contributed by atoms with Crippen LogP contribution in [0.25, 0.3) is 0 Å². The van der Waals surface area contributed by atoms with Crippen LogP contribution in [0.3, 0.4) is 0 Å². The van der Waals surface area contributed by atoms with Gasteiger partial charge in [0.2, 0.25) is 5.91 Å². The molecule has 1 aliphatic heterocycles. The van der Waals surface area contributed by atoms with E-state index in [1.54, 1.807) is 0 Å². The second-order valence-corrected chi connectivity index (χ2v) is 7.78. The Labute approximate surface area is 160 Å². The van der Waals surface area contributed by atoms with Gasteiger partial charge in [-0.3, -0.25) is 14.5 Å². The fraction of sp³-hybridized carbons (Fsp3) is 0.333. The summed E-state index contributed by atoms with van der Waals surface area (Å²) in [6.45, 7) is 6.12. The summed E-state index contributed by atoms with van der Waals surface area (Å²) in [7, 11) is 0. The molecule has 1 amide bonds. The standard InChI is InChI=1S/C24H25NO2/c1-15-7-4-10-18(13-15)19-14-22(27)25(20-11-6-12-21(26)23(19)20)24-16(2)8-5-9-17(24)3/h4-5,7-10,13,19H,6,11-12,14H2,1-3H3.